The second-order valence-electron chi connectivity index (χ2n) is 11.2. The van der Waals surface area contributed by atoms with E-state index in [-0.39, 0.29) is 36.0 Å². The van der Waals surface area contributed by atoms with Gasteiger partial charge < -0.3 is 14.4 Å². The molecule has 0 spiro atoms. The van der Waals surface area contributed by atoms with Crippen LogP contribution in [0.2, 0.25) is 0 Å². The van der Waals surface area contributed by atoms with Crippen LogP contribution >= 0.6 is 0 Å². The highest BCUT2D eigenvalue weighted by Crippen LogP contribution is 2.55. The minimum atomic E-state index is -0.566. The number of ether oxygens (including phenoxy) is 2. The van der Waals surface area contributed by atoms with Crippen LogP contribution in [0.3, 0.4) is 0 Å². The third-order valence-electron chi connectivity index (χ3n) is 8.32. The van der Waals surface area contributed by atoms with Crippen LogP contribution in [0.4, 0.5) is 4.39 Å². The molecule has 2 fully saturated rings. The number of esters is 1. The van der Waals surface area contributed by atoms with Crippen molar-refractivity contribution in [2.45, 2.75) is 50.5 Å². The van der Waals surface area contributed by atoms with E-state index in [0.717, 1.165) is 37.1 Å². The lowest BCUT2D eigenvalue weighted by Gasteiger charge is -2.35. The molecule has 1 amide bonds. The number of carbonyl (C=O) groups is 2. The number of likely N-dealkylation sites (tertiary alicyclic amines) is 1. The van der Waals surface area contributed by atoms with Crippen molar-refractivity contribution in [3.05, 3.63) is 83.2 Å². The first-order chi connectivity index (χ1) is 20.9. The minimum absolute atomic E-state index is 0.00969. The fraction of sp³-hybridized carbons (Fsp3) is 0.406. The number of rotatable bonds is 9. The van der Waals surface area contributed by atoms with Crippen molar-refractivity contribution in [3.8, 4) is 16.8 Å². The Morgan fingerprint density at radius 1 is 1.09 bits per heavy atom. The Hall–Kier alpha value is -4.38. The number of piperidine rings is 1. The number of amides is 1. The summed E-state index contributed by atoms with van der Waals surface area (Å²) in [4.78, 5) is 28.2. The molecule has 0 N–H and O–H groups in total. The Bertz CT molecular complexity index is 1650. The molecule has 10 nitrogen and oxygen atoms in total. The van der Waals surface area contributed by atoms with Gasteiger partial charge in [0.25, 0.3) is 5.91 Å². The van der Waals surface area contributed by atoms with E-state index in [1.165, 1.54) is 6.20 Å². The number of carbonyl (C=O) groups excluding carboxylic acids is 2. The van der Waals surface area contributed by atoms with Gasteiger partial charge in [-0.1, -0.05) is 29.5 Å². The van der Waals surface area contributed by atoms with Crippen LogP contribution in [0.15, 0.2) is 54.9 Å². The maximum absolute atomic E-state index is 16.1. The molecule has 11 heteroatoms. The maximum Gasteiger partial charge on any atom is 0.341 e. The van der Waals surface area contributed by atoms with Gasteiger partial charge in [-0.3, -0.25) is 9.48 Å². The monoisotopic (exact) mass is 586 g/mol. The highest BCUT2D eigenvalue weighted by Gasteiger charge is 2.46. The third-order valence-corrected chi connectivity index (χ3v) is 8.32. The second kappa shape index (κ2) is 12.1. The van der Waals surface area contributed by atoms with Gasteiger partial charge in [0.1, 0.15) is 11.4 Å². The maximum atomic E-state index is 16.1. The summed E-state index contributed by atoms with van der Waals surface area (Å²) in [5.41, 5.74) is 3.60. The quantitative estimate of drug-likeness (QED) is 0.257. The summed E-state index contributed by atoms with van der Waals surface area (Å²) in [5, 5.41) is 12.9. The van der Waals surface area contributed by atoms with E-state index >= 15 is 4.39 Å². The summed E-state index contributed by atoms with van der Waals surface area (Å²) in [6.07, 6.45) is 6.93. The van der Waals surface area contributed by atoms with Gasteiger partial charge in [0, 0.05) is 44.3 Å². The van der Waals surface area contributed by atoms with E-state index in [0.29, 0.717) is 35.5 Å². The molecule has 4 aromatic rings. The van der Waals surface area contributed by atoms with Gasteiger partial charge in [-0.15, -0.1) is 5.10 Å². The van der Waals surface area contributed by atoms with Crippen LogP contribution in [-0.2, 0) is 16.5 Å². The van der Waals surface area contributed by atoms with Gasteiger partial charge in [-0.05, 0) is 56.4 Å². The fourth-order valence-corrected chi connectivity index (χ4v) is 6.16. The molecule has 3 unspecified atom stereocenters. The predicted octanol–water partition coefficient (Wildman–Crippen LogP) is 4.90. The van der Waals surface area contributed by atoms with E-state index in [1.54, 1.807) is 52.6 Å². The van der Waals surface area contributed by atoms with Gasteiger partial charge >= 0.3 is 5.97 Å². The normalized spacial score (nSPS) is 19.8. The number of benzene rings is 2. The molecule has 0 bridgehead atoms. The van der Waals surface area contributed by atoms with Crippen molar-refractivity contribution >= 4 is 11.9 Å². The third kappa shape index (κ3) is 5.56. The molecule has 3 heterocycles. The molecule has 1 saturated carbocycles. The van der Waals surface area contributed by atoms with E-state index in [2.05, 4.69) is 15.4 Å². The summed E-state index contributed by atoms with van der Waals surface area (Å²) >= 11 is 0. The number of methoxy groups -OCH3 is 1. The summed E-state index contributed by atoms with van der Waals surface area (Å²) in [7, 11) is 3.44. The second-order valence-corrected chi connectivity index (χ2v) is 11.2. The van der Waals surface area contributed by atoms with Crippen molar-refractivity contribution in [2.24, 2.45) is 7.05 Å². The molecule has 1 aliphatic heterocycles. The lowest BCUT2D eigenvalue weighted by molar-refractivity contribution is 0.0424. The van der Waals surface area contributed by atoms with E-state index in [4.69, 9.17) is 9.47 Å². The van der Waals surface area contributed by atoms with Gasteiger partial charge in [0.15, 0.2) is 0 Å². The molecule has 0 radical (unpaired) electrons. The number of nitrogens with zero attached hydrogens (tertiary/aromatic N) is 6. The molecule has 1 saturated heterocycles. The van der Waals surface area contributed by atoms with Crippen LogP contribution in [0.1, 0.15) is 76.5 Å². The lowest BCUT2D eigenvalue weighted by atomic mass is 9.98. The first-order valence-electron chi connectivity index (χ1n) is 14.7. The van der Waals surface area contributed by atoms with Gasteiger partial charge in [-0.2, -0.15) is 5.10 Å². The number of aryl methyl sites for hydroxylation is 1. The Kier molecular flexibility index (Phi) is 8.07. The van der Waals surface area contributed by atoms with Crippen LogP contribution in [0.25, 0.3) is 16.8 Å². The zero-order valence-corrected chi connectivity index (χ0v) is 24.6. The van der Waals surface area contributed by atoms with Gasteiger partial charge in [0.05, 0.1) is 48.1 Å². The fourth-order valence-electron chi connectivity index (χ4n) is 6.16. The zero-order valence-electron chi connectivity index (χ0n) is 24.6. The number of hydrogen-bond donors (Lipinski definition) is 0. The summed E-state index contributed by atoms with van der Waals surface area (Å²) in [5.74, 6) is -1.24. The molecular weight excluding hydrogens is 551 g/mol. The molecule has 2 aliphatic rings. The Morgan fingerprint density at radius 3 is 2.70 bits per heavy atom. The lowest BCUT2D eigenvalue weighted by Crippen LogP contribution is -2.46. The molecule has 6 rings (SSSR count). The van der Waals surface area contributed by atoms with Crippen LogP contribution in [-0.4, -0.2) is 74.5 Å². The van der Waals surface area contributed by atoms with E-state index in [1.807, 2.05) is 31.4 Å². The molecule has 224 valence electrons. The largest absolute Gasteiger partial charge is 0.462 e. The number of hydrogen-bond acceptors (Lipinski definition) is 7. The number of halogens is 1. The van der Waals surface area contributed by atoms with Crippen LogP contribution in [0, 0.1) is 5.82 Å². The van der Waals surface area contributed by atoms with Crippen molar-refractivity contribution < 1.29 is 23.5 Å². The number of aromatic nitrogens is 5. The van der Waals surface area contributed by atoms with E-state index in [9.17, 15) is 9.59 Å². The highest BCUT2D eigenvalue weighted by molar-refractivity contribution is 5.96. The zero-order chi connectivity index (χ0) is 30.1. The van der Waals surface area contributed by atoms with Crippen molar-refractivity contribution in [2.75, 3.05) is 26.9 Å². The molecule has 2 aromatic heterocycles. The standard InChI is InChI=1S/C32H35FN6O4/c1-4-43-32(41)27-17-34-39(30(27)26-16-25(26)28-18-37(2)36-35-28)21-11-7-9-20(15-21)23-12-8-13-24(29(23)33)31(40)38-14-6-5-10-22(38)19-42-3/h7-9,11-13,15,17-18,22,25-26H,4-6,10,14,16,19H2,1-3H3. The Labute approximate surface area is 249 Å². The smallest absolute Gasteiger partial charge is 0.341 e. The van der Waals surface area contributed by atoms with Crippen LogP contribution in [0.5, 0.6) is 0 Å². The average Bonchev–Trinajstić information content (AvgIpc) is 3.46. The van der Waals surface area contributed by atoms with Crippen molar-refractivity contribution in [3.63, 3.8) is 0 Å². The topological polar surface area (TPSA) is 104 Å². The highest BCUT2D eigenvalue weighted by atomic mass is 19.1. The molecule has 2 aromatic carbocycles. The first-order valence-corrected chi connectivity index (χ1v) is 14.7. The summed E-state index contributed by atoms with van der Waals surface area (Å²) < 4.78 is 30.2. The molecule has 1 aliphatic carbocycles. The van der Waals surface area contributed by atoms with Crippen LogP contribution < -0.4 is 0 Å². The Balaban J connectivity index is 1.35. The first kappa shape index (κ1) is 28.7. The molecular formula is C32H35FN6O4. The van der Waals surface area contributed by atoms with E-state index < -0.39 is 11.8 Å². The molecule has 3 atom stereocenters. The predicted molar refractivity (Wildman–Crippen MR) is 157 cm³/mol. The summed E-state index contributed by atoms with van der Waals surface area (Å²) in [6.45, 7) is 3.01. The van der Waals surface area contributed by atoms with Crippen molar-refractivity contribution in [1.29, 1.82) is 0 Å². The molecule has 43 heavy (non-hydrogen) atoms. The van der Waals surface area contributed by atoms with Gasteiger partial charge in [0.2, 0.25) is 0 Å². The van der Waals surface area contributed by atoms with Gasteiger partial charge in [-0.25, -0.2) is 13.9 Å². The average molecular weight is 587 g/mol. The minimum Gasteiger partial charge on any atom is -0.462 e. The van der Waals surface area contributed by atoms with Crippen molar-refractivity contribution in [1.82, 2.24) is 29.7 Å². The SMILES string of the molecule is CCOC(=O)c1cnn(-c2cccc(-c3cccc(C(=O)N4CCCCC4COC)c3F)c2)c1C1CC1c1cn(C)nn1. The Morgan fingerprint density at radius 2 is 1.93 bits per heavy atom. The summed E-state index contributed by atoms with van der Waals surface area (Å²) in [6, 6.07) is 12.2.